The molecule has 0 unspecified atom stereocenters. The second kappa shape index (κ2) is 46.9. The average molecular weight is 2010 g/mol. The van der Waals surface area contributed by atoms with Gasteiger partial charge in [0.2, 0.25) is 35.4 Å². The monoisotopic (exact) mass is 2010 g/mol. The third-order valence-corrected chi connectivity index (χ3v) is 28.4. The summed E-state index contributed by atoms with van der Waals surface area (Å²) >= 11 is 14.7. The van der Waals surface area contributed by atoms with E-state index in [1.165, 1.54) is 6.07 Å². The van der Waals surface area contributed by atoms with Crippen LogP contribution in [0.1, 0.15) is 173 Å². The van der Waals surface area contributed by atoms with Crippen LogP contribution in [0.15, 0.2) is 169 Å². The van der Waals surface area contributed by atoms with Crippen molar-refractivity contribution in [2.45, 2.75) is 210 Å². The molecule has 2 aromatic heterocycles. The lowest BCUT2D eigenvalue weighted by Gasteiger charge is -2.35. The van der Waals surface area contributed by atoms with Crippen LogP contribution in [0, 0.1) is 61.3 Å². The van der Waals surface area contributed by atoms with Crippen molar-refractivity contribution in [3.63, 3.8) is 0 Å². The zero-order valence-electron chi connectivity index (χ0n) is 83.1. The minimum Gasteiger partial charge on any atom is -0.491 e. The highest BCUT2D eigenvalue weighted by atomic mass is 32.1. The van der Waals surface area contributed by atoms with Crippen LogP contribution in [0.4, 0.5) is 46.4 Å². The Morgan fingerprint density at radius 3 is 1.51 bits per heavy atom. The van der Waals surface area contributed by atoms with E-state index in [9.17, 15) is 61.6 Å². The number of aryl methyl sites for hydroxylation is 4. The Morgan fingerprint density at radius 2 is 1.04 bits per heavy atom. The molecular weight excluding hydrogens is 1890 g/mol. The van der Waals surface area contributed by atoms with Crippen LogP contribution in [-0.4, -0.2) is 190 Å². The van der Waals surface area contributed by atoms with Gasteiger partial charge in [-0.3, -0.25) is 48.2 Å². The van der Waals surface area contributed by atoms with E-state index in [4.69, 9.17) is 50.0 Å². The standard InChI is InChI=1S/C54H68N8O6S2.C53H56F3N7O7S2/c1-35-29-44(49(65)56-31-39-17-21-40(22-18-39)47-37(3)57-34-70-47)60(32-35)50(66)48(53(4,5)6)58-45(63)33-68-28-13-11-12-27-59(10)46(64)16-14-15-38-19-23-41(24-20-38)62-52(69)61(51(67)54(62,7)8)42-25-26-43(55-9)36(2)30-42;1-32-26-43(46(64)58-29-34-8-10-37(11-9-34)44-33(2)59-31-72-44)61(30-32)47(65)45(51(3,4)5)60-49(67)70-25-23-68-22-24-69-41-20-15-36(16-21-41)35-12-17-39(18-13-35)63-50(71)62(48(66)52(63,6)7)40-19-14-38(28-57)42(27-40)53(54,55)56/h17-26,30,34-35,44,48H,11-16,27-29,31-33H2,1-8,10H3,(H,56,65)(H,58,63);8-21,27,31-32,43,45H,22-26,29-30H2,1-7H3,(H,58,64)(H,60,67)/t35-,44+,48-;32-,43+,45-/m11/s1. The van der Waals surface area contributed by atoms with Crippen molar-refractivity contribution in [3.05, 3.63) is 225 Å². The summed E-state index contributed by atoms with van der Waals surface area (Å²) in [5, 5.41) is 21.3. The Morgan fingerprint density at radius 1 is 0.577 bits per heavy atom. The Bertz CT molecular complexity index is 6170. The number of nitriles is 1. The molecule has 35 heteroatoms. The van der Waals surface area contributed by atoms with E-state index in [1.807, 2.05) is 216 Å². The third-order valence-electron chi connectivity index (χ3n) is 25.7. The number of alkyl halides is 3. The fraction of sp³-hybridized carbons (Fsp3) is 0.430. The van der Waals surface area contributed by atoms with Crippen molar-refractivity contribution in [3.8, 4) is 43.8 Å². The van der Waals surface area contributed by atoms with Gasteiger partial charge in [-0.15, -0.1) is 22.7 Å². The maximum atomic E-state index is 14.1. The first-order valence-electron chi connectivity index (χ1n) is 47.5. The highest BCUT2D eigenvalue weighted by Crippen LogP contribution is 2.44. The molecule has 4 saturated heterocycles. The third kappa shape index (κ3) is 26.3. The van der Waals surface area contributed by atoms with Gasteiger partial charge in [0.25, 0.3) is 11.8 Å². The highest BCUT2D eigenvalue weighted by molar-refractivity contribution is 7.81. The number of thiazole rings is 2. The van der Waals surface area contributed by atoms with Crippen LogP contribution in [-0.2, 0) is 78.3 Å². The molecule has 9 amide bonds. The van der Waals surface area contributed by atoms with Gasteiger partial charge in [0.05, 0.1) is 74.8 Å². The van der Waals surface area contributed by atoms with E-state index in [0.717, 1.165) is 108 Å². The number of nitrogens with one attached hydrogen (secondary N) is 4. The number of aromatic nitrogens is 2. The SMILES string of the molecule is Cc1ncsc1-c1ccc(CNC(=O)[C@@H]2C[C@@H](C)CN2C(=O)[C@@H](NC(=O)OCCOCCOc2ccc(-c3ccc(N4C(=S)N(c5ccc(C#N)c(C(F)(F)F)c5)C(=O)C4(C)C)cc3)cc2)C(C)(C)C)cc1.[C-]#[N+]c1ccc(N2C(=O)C(C)(C)N(c3ccc(CCCC(=O)N(C)CCCCCOCC(=O)N[C@H](C(=O)N4C[C@H](C)C[C@H]4C(=O)NCc4ccc(-c5scnc5C)cc4)C(C)(C)C)cc3)C2=S)cc1C. The van der Waals surface area contributed by atoms with Gasteiger partial charge in [-0.05, 0) is 252 Å². The van der Waals surface area contributed by atoms with E-state index in [1.54, 1.807) is 103 Å². The smallest absolute Gasteiger partial charge is 0.417 e. The van der Waals surface area contributed by atoms with Crippen LogP contribution in [0.25, 0.3) is 36.9 Å². The molecule has 750 valence electrons. The van der Waals surface area contributed by atoms with E-state index in [2.05, 4.69) is 36.1 Å². The molecular formula is C107H124F3N15O13S4. The summed E-state index contributed by atoms with van der Waals surface area (Å²) in [6.07, 6.45) is -0.382. The van der Waals surface area contributed by atoms with Crippen molar-refractivity contribution < 1.29 is 75.3 Å². The molecule has 0 aliphatic carbocycles. The zero-order valence-corrected chi connectivity index (χ0v) is 86.3. The van der Waals surface area contributed by atoms with Gasteiger partial charge in [0, 0.05) is 69.9 Å². The molecule has 142 heavy (non-hydrogen) atoms. The normalized spacial score (nSPS) is 17.1. The predicted molar refractivity (Wildman–Crippen MR) is 553 cm³/mol. The number of hydrogen-bond donors (Lipinski definition) is 4. The second-order valence-corrected chi connectivity index (χ2v) is 42.0. The van der Waals surface area contributed by atoms with Crippen LogP contribution < -0.4 is 45.6 Å². The topological polar surface area (TPSA) is 315 Å². The molecule has 13 rings (SSSR count). The molecule has 0 radical (unpaired) electrons. The summed E-state index contributed by atoms with van der Waals surface area (Å²) in [7, 11) is 1.82. The largest absolute Gasteiger partial charge is 0.491 e. The predicted octanol–water partition coefficient (Wildman–Crippen LogP) is 18.6. The fourth-order valence-electron chi connectivity index (χ4n) is 17.7. The number of hydrogen-bond acceptors (Lipinski definition) is 20. The van der Waals surface area contributed by atoms with Gasteiger partial charge in [0.1, 0.15) is 60.8 Å². The lowest BCUT2D eigenvalue weighted by Crippen LogP contribution is -2.58. The summed E-state index contributed by atoms with van der Waals surface area (Å²) in [6, 6.07) is 45.3. The van der Waals surface area contributed by atoms with E-state index in [0.29, 0.717) is 99.4 Å². The molecule has 0 saturated carbocycles. The van der Waals surface area contributed by atoms with Gasteiger partial charge in [-0.2, -0.15) is 18.4 Å². The first-order valence-corrected chi connectivity index (χ1v) is 50.0. The molecule has 6 heterocycles. The van der Waals surface area contributed by atoms with Crippen LogP contribution in [0.2, 0.25) is 0 Å². The number of thiocarbonyl (C=S) groups is 2. The van der Waals surface area contributed by atoms with Gasteiger partial charge in [-0.25, -0.2) is 19.6 Å². The van der Waals surface area contributed by atoms with Gasteiger partial charge in [0.15, 0.2) is 15.9 Å². The molecule has 4 aliphatic heterocycles. The molecule has 28 nitrogen and oxygen atoms in total. The molecule has 6 atom stereocenters. The summed E-state index contributed by atoms with van der Waals surface area (Å²) in [4.78, 5) is 147. The van der Waals surface area contributed by atoms with Gasteiger partial charge in [-0.1, -0.05) is 146 Å². The molecule has 4 N–H and O–H groups in total. The summed E-state index contributed by atoms with van der Waals surface area (Å²) in [6.45, 7) is 38.1. The van der Waals surface area contributed by atoms with Crippen LogP contribution in [0.5, 0.6) is 5.75 Å². The zero-order chi connectivity index (χ0) is 103. The number of ether oxygens (including phenoxy) is 4. The Hall–Kier alpha value is -12.9. The van der Waals surface area contributed by atoms with Crippen molar-refractivity contribution in [2.24, 2.45) is 22.7 Å². The molecule has 4 aliphatic rings. The number of benzene rings is 7. The maximum Gasteiger partial charge on any atom is 0.417 e. The molecule has 0 spiro atoms. The quantitative estimate of drug-likeness (QED) is 0.0161. The highest BCUT2D eigenvalue weighted by Gasteiger charge is 2.53. The molecule has 4 fully saturated rings. The van der Waals surface area contributed by atoms with E-state index < -0.39 is 75.4 Å². The number of nitrogens with zero attached hydrogens (tertiary/aromatic N) is 11. The number of unbranched alkanes of at least 4 members (excludes halogenated alkanes) is 2. The fourth-order valence-corrected chi connectivity index (χ4v) is 20.4. The number of alkyl carbamates (subject to hydrolysis) is 1. The number of rotatable bonds is 36. The van der Waals surface area contributed by atoms with Crippen LogP contribution in [0.3, 0.4) is 0 Å². The average Bonchev–Trinajstić information content (AvgIpc) is 1.58. The summed E-state index contributed by atoms with van der Waals surface area (Å²) in [5.41, 5.74) is 10.5. The maximum absolute atomic E-state index is 14.1. The molecule has 9 aromatic rings. The van der Waals surface area contributed by atoms with E-state index >= 15 is 0 Å². The number of amides is 9. The minimum atomic E-state index is -4.81. The Labute approximate surface area is 847 Å². The number of anilines is 4. The lowest BCUT2D eigenvalue weighted by molar-refractivity contribution is -0.144. The van der Waals surface area contributed by atoms with Crippen molar-refractivity contribution in [1.82, 2.24) is 45.9 Å². The lowest BCUT2D eigenvalue weighted by atomic mass is 9.85. The van der Waals surface area contributed by atoms with Crippen molar-refractivity contribution in [2.75, 3.05) is 85.9 Å². The Balaban J connectivity index is 0.000000254. The van der Waals surface area contributed by atoms with Gasteiger partial charge >= 0.3 is 12.3 Å². The number of carbonyl (C=O) groups excluding carboxylic acids is 9. The summed E-state index contributed by atoms with van der Waals surface area (Å²) in [5.74, 6) is -1.27. The van der Waals surface area contributed by atoms with E-state index in [-0.39, 0.29) is 97.0 Å². The first kappa shape index (κ1) is 108. The van der Waals surface area contributed by atoms with Crippen molar-refractivity contribution >= 4 is 139 Å². The summed E-state index contributed by atoms with van der Waals surface area (Å²) < 4.78 is 63.9. The Kier molecular flexibility index (Phi) is 35.6. The first-order chi connectivity index (χ1) is 67.3. The minimum absolute atomic E-state index is 0.0000454. The number of halogens is 3. The van der Waals surface area contributed by atoms with Crippen molar-refractivity contribution in [1.29, 1.82) is 5.26 Å². The molecule has 7 aromatic carbocycles. The van der Waals surface area contributed by atoms with Gasteiger partial charge < -0.3 is 64.7 Å². The van der Waals surface area contributed by atoms with Crippen LogP contribution >= 0.6 is 47.1 Å². The second-order valence-electron chi connectivity index (χ2n) is 39.5. The number of carbonyl (C=O) groups is 9. The number of likely N-dealkylation sites (tertiary alicyclic amines) is 2. The molecule has 0 bridgehead atoms.